The fraction of sp³-hybridized carbons (Fsp3) is 0.265. The van der Waals surface area contributed by atoms with Crippen molar-refractivity contribution in [2.75, 3.05) is 26.2 Å². The first-order valence-corrected chi connectivity index (χ1v) is 13.9. The van der Waals surface area contributed by atoms with Crippen molar-refractivity contribution in [3.63, 3.8) is 0 Å². The van der Waals surface area contributed by atoms with Crippen molar-refractivity contribution < 1.29 is 13.9 Å². The van der Waals surface area contributed by atoms with Gasteiger partial charge in [-0.05, 0) is 34.7 Å². The largest absolute Gasteiger partial charge is 0.482 e. The van der Waals surface area contributed by atoms with E-state index < -0.39 is 0 Å². The highest BCUT2D eigenvalue weighted by Gasteiger charge is 2.27. The van der Waals surface area contributed by atoms with Gasteiger partial charge in [0.1, 0.15) is 18.6 Å². The zero-order valence-corrected chi connectivity index (χ0v) is 23.2. The van der Waals surface area contributed by atoms with Crippen LogP contribution >= 0.6 is 0 Å². The maximum Gasteiger partial charge on any atom is 0.230 e. The molecule has 5 rings (SSSR count). The molecule has 0 aliphatic carbocycles. The lowest BCUT2D eigenvalue weighted by atomic mass is 9.95. The molecule has 1 amide bonds. The summed E-state index contributed by atoms with van der Waals surface area (Å²) >= 11 is 0. The minimum Gasteiger partial charge on any atom is -0.482 e. The number of amides is 1. The Bertz CT molecular complexity index is 1570. The normalized spacial score (nSPS) is 14.3. The van der Waals surface area contributed by atoms with Crippen LogP contribution < -0.4 is 10.2 Å². The quantitative estimate of drug-likeness (QED) is 0.271. The molecule has 0 radical (unpaired) electrons. The van der Waals surface area contributed by atoms with E-state index in [4.69, 9.17) is 9.15 Å². The number of carbonyl (C=O) groups is 1. The molecule has 1 aliphatic rings. The predicted octanol–water partition coefficient (Wildman–Crippen LogP) is 5.60. The van der Waals surface area contributed by atoms with Crippen molar-refractivity contribution >= 4 is 5.91 Å². The van der Waals surface area contributed by atoms with Crippen molar-refractivity contribution in [1.29, 1.82) is 5.26 Å². The maximum absolute atomic E-state index is 13.2. The Labute approximate surface area is 240 Å². The van der Waals surface area contributed by atoms with Gasteiger partial charge in [-0.1, -0.05) is 79.7 Å². The van der Waals surface area contributed by atoms with Crippen LogP contribution in [0.1, 0.15) is 41.7 Å². The molecular formula is C34H33N3O4. The number of nitriles is 1. The third-order valence-corrected chi connectivity index (χ3v) is 7.53. The van der Waals surface area contributed by atoms with E-state index in [1.807, 2.05) is 77.7 Å². The summed E-state index contributed by atoms with van der Waals surface area (Å²) in [6.45, 7) is 5.50. The van der Waals surface area contributed by atoms with Crippen LogP contribution in [0.25, 0.3) is 11.1 Å². The van der Waals surface area contributed by atoms with Crippen molar-refractivity contribution in [1.82, 2.24) is 9.80 Å². The van der Waals surface area contributed by atoms with Crippen LogP contribution in [0.15, 0.2) is 100 Å². The SMILES string of the molecule is CC[C@@H](C(=O)N1CCN(Cc2cc(=O)c(OCc3ccc(-c4ccccc4C#N)cc3)co2)CC1)c1ccccc1. The van der Waals surface area contributed by atoms with E-state index in [0.717, 1.165) is 28.7 Å². The first-order chi connectivity index (χ1) is 20.1. The van der Waals surface area contributed by atoms with Gasteiger partial charge in [0.05, 0.1) is 24.1 Å². The van der Waals surface area contributed by atoms with Crippen LogP contribution in [0.3, 0.4) is 0 Å². The number of hydrogen-bond donors (Lipinski definition) is 0. The monoisotopic (exact) mass is 547 g/mol. The number of benzene rings is 3. The topological polar surface area (TPSA) is 86.8 Å². The van der Waals surface area contributed by atoms with E-state index in [1.54, 1.807) is 6.07 Å². The lowest BCUT2D eigenvalue weighted by molar-refractivity contribution is -0.134. The number of nitrogens with zero attached hydrogens (tertiary/aromatic N) is 3. The molecule has 208 valence electrons. The summed E-state index contributed by atoms with van der Waals surface area (Å²) in [6.07, 6.45) is 2.14. The van der Waals surface area contributed by atoms with Gasteiger partial charge < -0.3 is 14.1 Å². The molecule has 4 aromatic rings. The van der Waals surface area contributed by atoms with Crippen LogP contribution in [0.5, 0.6) is 5.75 Å². The Morgan fingerprint density at radius 3 is 2.37 bits per heavy atom. The average molecular weight is 548 g/mol. The second kappa shape index (κ2) is 13.1. The number of ether oxygens (including phenoxy) is 1. The highest BCUT2D eigenvalue weighted by molar-refractivity contribution is 5.83. The first kappa shape index (κ1) is 27.9. The van der Waals surface area contributed by atoms with Crippen molar-refractivity contribution in [2.45, 2.75) is 32.4 Å². The van der Waals surface area contributed by atoms with Gasteiger partial charge >= 0.3 is 0 Å². The average Bonchev–Trinajstić information content (AvgIpc) is 3.02. The van der Waals surface area contributed by atoms with Crippen molar-refractivity contribution in [3.05, 3.63) is 124 Å². The van der Waals surface area contributed by atoms with Crippen molar-refractivity contribution in [3.8, 4) is 22.9 Å². The smallest absolute Gasteiger partial charge is 0.230 e. The summed E-state index contributed by atoms with van der Waals surface area (Å²) in [6, 6.07) is 28.9. The molecule has 1 aromatic heterocycles. The molecule has 1 atom stereocenters. The lowest BCUT2D eigenvalue weighted by Gasteiger charge is -2.36. The number of carbonyl (C=O) groups excluding carboxylic acids is 1. The summed E-state index contributed by atoms with van der Waals surface area (Å²) in [4.78, 5) is 30.0. The highest BCUT2D eigenvalue weighted by atomic mass is 16.5. The minimum atomic E-state index is -0.228. The van der Waals surface area contributed by atoms with Crippen LogP contribution in [0, 0.1) is 11.3 Å². The van der Waals surface area contributed by atoms with Gasteiger partial charge in [0.2, 0.25) is 17.1 Å². The van der Waals surface area contributed by atoms with Gasteiger partial charge in [-0.15, -0.1) is 0 Å². The van der Waals surface area contributed by atoms with E-state index >= 15 is 0 Å². The third kappa shape index (κ3) is 6.74. The first-order valence-electron chi connectivity index (χ1n) is 13.9. The Morgan fingerprint density at radius 2 is 1.68 bits per heavy atom. The van der Waals surface area contributed by atoms with E-state index in [2.05, 4.69) is 17.9 Å². The van der Waals surface area contributed by atoms with Gasteiger partial charge in [-0.2, -0.15) is 5.26 Å². The molecule has 2 heterocycles. The van der Waals surface area contributed by atoms with Crippen LogP contribution in [-0.2, 0) is 17.9 Å². The molecule has 0 saturated carbocycles. The molecule has 0 bridgehead atoms. The molecule has 1 fully saturated rings. The predicted molar refractivity (Wildman–Crippen MR) is 157 cm³/mol. The summed E-state index contributed by atoms with van der Waals surface area (Å²) in [5.74, 6) is 0.785. The standard InChI is InChI=1S/C34H33N3O4/c1-2-30(26-8-4-3-5-9-26)34(39)37-18-16-36(17-19-37)22-29-20-32(38)33(24-40-29)41-23-25-12-14-27(15-13-25)31-11-7-6-10-28(31)21-35/h3-15,20,24,30H,2,16-19,22-23H2,1H3/t30-/m1/s1. The van der Waals surface area contributed by atoms with E-state index in [0.29, 0.717) is 44.0 Å². The minimum absolute atomic E-state index is 0.119. The molecule has 41 heavy (non-hydrogen) atoms. The summed E-state index contributed by atoms with van der Waals surface area (Å²) in [5.41, 5.74) is 4.18. The fourth-order valence-electron chi connectivity index (χ4n) is 5.21. The van der Waals surface area contributed by atoms with E-state index in [9.17, 15) is 14.9 Å². The van der Waals surface area contributed by atoms with Gasteiger partial charge in [0.25, 0.3) is 0 Å². The van der Waals surface area contributed by atoms with Gasteiger partial charge in [-0.25, -0.2) is 0 Å². The fourth-order valence-corrected chi connectivity index (χ4v) is 5.21. The Hall–Kier alpha value is -4.67. The maximum atomic E-state index is 13.2. The lowest BCUT2D eigenvalue weighted by Crippen LogP contribution is -2.49. The Kier molecular flexibility index (Phi) is 8.92. The molecule has 0 N–H and O–H groups in total. The summed E-state index contributed by atoms with van der Waals surface area (Å²) in [5, 5.41) is 9.35. The van der Waals surface area contributed by atoms with Crippen molar-refractivity contribution in [2.24, 2.45) is 0 Å². The zero-order valence-electron chi connectivity index (χ0n) is 23.2. The number of hydrogen-bond acceptors (Lipinski definition) is 6. The molecule has 0 unspecified atom stereocenters. The van der Waals surface area contributed by atoms with E-state index in [-0.39, 0.29) is 29.6 Å². The van der Waals surface area contributed by atoms with Crippen LogP contribution in [0.2, 0.25) is 0 Å². The van der Waals surface area contributed by atoms with Gasteiger partial charge in [0, 0.05) is 32.2 Å². The molecule has 1 aliphatic heterocycles. The molecule has 7 heteroatoms. The molecule has 7 nitrogen and oxygen atoms in total. The second-order valence-electron chi connectivity index (χ2n) is 10.2. The molecular weight excluding hydrogens is 514 g/mol. The second-order valence-corrected chi connectivity index (χ2v) is 10.2. The van der Waals surface area contributed by atoms with Gasteiger partial charge in [0.15, 0.2) is 0 Å². The zero-order chi connectivity index (χ0) is 28.6. The summed E-state index contributed by atoms with van der Waals surface area (Å²) in [7, 11) is 0. The Balaban J connectivity index is 1.12. The Morgan fingerprint density at radius 1 is 0.976 bits per heavy atom. The molecule has 3 aromatic carbocycles. The van der Waals surface area contributed by atoms with E-state index in [1.165, 1.54) is 12.3 Å². The third-order valence-electron chi connectivity index (χ3n) is 7.53. The molecule has 0 spiro atoms. The highest BCUT2D eigenvalue weighted by Crippen LogP contribution is 2.25. The number of piperazine rings is 1. The van der Waals surface area contributed by atoms with Gasteiger partial charge in [-0.3, -0.25) is 14.5 Å². The number of rotatable bonds is 9. The van der Waals surface area contributed by atoms with Crippen LogP contribution in [0.4, 0.5) is 0 Å². The van der Waals surface area contributed by atoms with Crippen LogP contribution in [-0.4, -0.2) is 41.9 Å². The summed E-state index contributed by atoms with van der Waals surface area (Å²) < 4.78 is 11.5. The molecule has 1 saturated heterocycles.